The highest BCUT2D eigenvalue weighted by Gasteiger charge is 2.20. The van der Waals surface area contributed by atoms with Gasteiger partial charge in [0.1, 0.15) is 12.0 Å². The molecule has 0 saturated carbocycles. The van der Waals surface area contributed by atoms with Crippen molar-refractivity contribution >= 4 is 18.0 Å². The Labute approximate surface area is 124 Å². The Bertz CT molecular complexity index is 468. The van der Waals surface area contributed by atoms with Gasteiger partial charge in [0.2, 0.25) is 0 Å². The molecule has 0 radical (unpaired) electrons. The lowest BCUT2D eigenvalue weighted by atomic mass is 10.3. The van der Waals surface area contributed by atoms with Crippen LogP contribution in [0, 0.1) is 0 Å². The minimum absolute atomic E-state index is 0.0878. The molecule has 0 aromatic heterocycles. The number of anilines is 1. The van der Waals surface area contributed by atoms with Crippen molar-refractivity contribution < 1.29 is 14.3 Å². The summed E-state index contributed by atoms with van der Waals surface area (Å²) >= 11 is 0. The lowest BCUT2D eigenvalue weighted by Gasteiger charge is -2.34. The maximum atomic E-state index is 12.2. The van der Waals surface area contributed by atoms with Gasteiger partial charge >= 0.3 is 6.03 Å². The Kier molecular flexibility index (Phi) is 5.57. The minimum Gasteiger partial charge on any atom is -0.497 e. The van der Waals surface area contributed by atoms with Crippen LogP contribution in [0.1, 0.15) is 6.42 Å². The Morgan fingerprint density at radius 3 is 2.48 bits per heavy atom. The summed E-state index contributed by atoms with van der Waals surface area (Å²) in [5.41, 5.74) is 0.754. The number of carbonyl (C=O) groups excluding carboxylic acids is 2. The number of carbonyl (C=O) groups is 2. The number of rotatable bonds is 5. The van der Waals surface area contributed by atoms with Crippen LogP contribution in [0.4, 0.5) is 10.5 Å². The van der Waals surface area contributed by atoms with Crippen LogP contribution in [0.25, 0.3) is 0 Å². The number of hydrogen-bond donors (Lipinski definition) is 1. The number of benzene rings is 1. The number of amides is 2. The number of nitrogens with one attached hydrogen (secondary N) is 1. The first-order valence-corrected chi connectivity index (χ1v) is 7.09. The number of ether oxygens (including phenoxy) is 1. The molecular formula is C15H21N3O3. The Morgan fingerprint density at radius 1 is 1.24 bits per heavy atom. The zero-order valence-corrected chi connectivity index (χ0v) is 12.2. The highest BCUT2D eigenvalue weighted by atomic mass is 16.5. The maximum absolute atomic E-state index is 12.2. The summed E-state index contributed by atoms with van der Waals surface area (Å²) in [6, 6.07) is 7.17. The van der Waals surface area contributed by atoms with Crippen molar-refractivity contribution in [2.75, 3.05) is 45.2 Å². The van der Waals surface area contributed by atoms with Gasteiger partial charge in [-0.2, -0.15) is 0 Å². The average molecular weight is 291 g/mol. The van der Waals surface area contributed by atoms with E-state index >= 15 is 0 Å². The van der Waals surface area contributed by atoms with Crippen LogP contribution in [0.2, 0.25) is 0 Å². The van der Waals surface area contributed by atoms with Crippen LogP contribution in [0.5, 0.6) is 5.75 Å². The molecule has 6 nitrogen and oxygen atoms in total. The van der Waals surface area contributed by atoms with Gasteiger partial charge in [-0.05, 0) is 24.3 Å². The molecule has 1 N–H and O–H groups in total. The molecule has 0 bridgehead atoms. The molecule has 114 valence electrons. The summed E-state index contributed by atoms with van der Waals surface area (Å²) < 4.78 is 5.08. The first-order chi connectivity index (χ1) is 10.2. The second kappa shape index (κ2) is 7.64. The summed E-state index contributed by atoms with van der Waals surface area (Å²) in [4.78, 5) is 26.5. The fourth-order valence-corrected chi connectivity index (χ4v) is 2.29. The molecule has 1 saturated heterocycles. The second-order valence-electron chi connectivity index (χ2n) is 4.94. The largest absolute Gasteiger partial charge is 0.497 e. The van der Waals surface area contributed by atoms with Crippen molar-refractivity contribution in [3.8, 4) is 5.75 Å². The predicted molar refractivity (Wildman–Crippen MR) is 80.7 cm³/mol. The standard InChI is InChI=1S/C15H21N3O3/c1-21-14-5-3-13(4-6-14)16-15(20)18-10-8-17(9-11-18)7-2-12-19/h3-6,12H,2,7-11H2,1H3,(H,16,20). The topological polar surface area (TPSA) is 61.9 Å². The Hall–Kier alpha value is -2.08. The highest BCUT2D eigenvalue weighted by molar-refractivity contribution is 5.89. The quantitative estimate of drug-likeness (QED) is 0.834. The normalized spacial score (nSPS) is 15.6. The van der Waals surface area contributed by atoms with E-state index in [2.05, 4.69) is 10.2 Å². The number of urea groups is 1. The van der Waals surface area contributed by atoms with Crippen molar-refractivity contribution in [2.24, 2.45) is 0 Å². The van der Waals surface area contributed by atoms with Gasteiger partial charge < -0.3 is 19.7 Å². The Morgan fingerprint density at radius 2 is 1.90 bits per heavy atom. The average Bonchev–Trinajstić information content (AvgIpc) is 2.54. The molecular weight excluding hydrogens is 270 g/mol. The van der Waals surface area contributed by atoms with Gasteiger partial charge in [-0.25, -0.2) is 4.79 Å². The van der Waals surface area contributed by atoms with Crippen LogP contribution < -0.4 is 10.1 Å². The number of aldehydes is 1. The monoisotopic (exact) mass is 291 g/mol. The number of methoxy groups -OCH3 is 1. The van der Waals surface area contributed by atoms with Crippen LogP contribution in [-0.4, -0.2) is 62.0 Å². The van der Waals surface area contributed by atoms with Crippen LogP contribution in [0.3, 0.4) is 0 Å². The van der Waals surface area contributed by atoms with Crippen LogP contribution in [0.15, 0.2) is 24.3 Å². The van der Waals surface area contributed by atoms with E-state index in [0.29, 0.717) is 19.5 Å². The third-order valence-corrected chi connectivity index (χ3v) is 3.56. The summed E-state index contributed by atoms with van der Waals surface area (Å²) in [5.74, 6) is 0.761. The first-order valence-electron chi connectivity index (χ1n) is 7.09. The highest BCUT2D eigenvalue weighted by Crippen LogP contribution is 2.15. The SMILES string of the molecule is COc1ccc(NC(=O)N2CCN(CCC=O)CC2)cc1. The smallest absolute Gasteiger partial charge is 0.321 e. The van der Waals surface area contributed by atoms with Gasteiger partial charge in [-0.15, -0.1) is 0 Å². The molecule has 0 atom stereocenters. The third-order valence-electron chi connectivity index (χ3n) is 3.56. The van der Waals surface area contributed by atoms with Crippen molar-refractivity contribution in [1.82, 2.24) is 9.80 Å². The molecule has 0 unspecified atom stereocenters. The van der Waals surface area contributed by atoms with E-state index in [0.717, 1.165) is 37.4 Å². The van der Waals surface area contributed by atoms with E-state index in [9.17, 15) is 9.59 Å². The van der Waals surface area contributed by atoms with E-state index < -0.39 is 0 Å². The van der Waals surface area contributed by atoms with E-state index in [-0.39, 0.29) is 6.03 Å². The first kappa shape index (κ1) is 15.3. The van der Waals surface area contributed by atoms with Gasteiger partial charge in [0.15, 0.2) is 0 Å². The molecule has 1 heterocycles. The molecule has 2 rings (SSSR count). The van der Waals surface area contributed by atoms with E-state index in [1.165, 1.54) is 0 Å². The lowest BCUT2D eigenvalue weighted by Crippen LogP contribution is -2.50. The van der Waals surface area contributed by atoms with Gasteiger partial charge in [0.25, 0.3) is 0 Å². The van der Waals surface area contributed by atoms with E-state index in [4.69, 9.17) is 4.74 Å². The number of nitrogens with zero attached hydrogens (tertiary/aromatic N) is 2. The summed E-state index contributed by atoms with van der Waals surface area (Å²) in [6.45, 7) is 3.76. The molecule has 2 amide bonds. The fraction of sp³-hybridized carbons (Fsp3) is 0.467. The predicted octanol–water partition coefficient (Wildman–Crippen LogP) is 1.43. The van der Waals surface area contributed by atoms with Gasteiger partial charge in [-0.3, -0.25) is 4.90 Å². The zero-order valence-electron chi connectivity index (χ0n) is 12.2. The lowest BCUT2D eigenvalue weighted by molar-refractivity contribution is -0.108. The van der Waals surface area contributed by atoms with Crippen molar-refractivity contribution in [1.29, 1.82) is 0 Å². The minimum atomic E-state index is -0.0878. The number of piperazine rings is 1. The third kappa shape index (κ3) is 4.46. The van der Waals surface area contributed by atoms with Crippen molar-refractivity contribution in [2.45, 2.75) is 6.42 Å². The van der Waals surface area contributed by atoms with Crippen LogP contribution >= 0.6 is 0 Å². The van der Waals surface area contributed by atoms with Gasteiger partial charge in [-0.1, -0.05) is 0 Å². The fourth-order valence-electron chi connectivity index (χ4n) is 2.29. The van der Waals surface area contributed by atoms with E-state index in [1.807, 2.05) is 24.3 Å². The van der Waals surface area contributed by atoms with Crippen LogP contribution in [-0.2, 0) is 4.79 Å². The summed E-state index contributed by atoms with van der Waals surface area (Å²) in [7, 11) is 1.61. The van der Waals surface area contributed by atoms with E-state index in [1.54, 1.807) is 12.0 Å². The molecule has 1 aliphatic heterocycles. The summed E-state index contributed by atoms with van der Waals surface area (Å²) in [6.07, 6.45) is 1.49. The molecule has 1 aliphatic rings. The van der Waals surface area contributed by atoms with Gasteiger partial charge in [0, 0.05) is 44.8 Å². The molecule has 6 heteroatoms. The van der Waals surface area contributed by atoms with Crippen molar-refractivity contribution in [3.05, 3.63) is 24.3 Å². The molecule has 1 fully saturated rings. The molecule has 0 aliphatic carbocycles. The zero-order chi connectivity index (χ0) is 15.1. The Balaban J connectivity index is 1.80. The molecule has 1 aromatic carbocycles. The molecule has 0 spiro atoms. The maximum Gasteiger partial charge on any atom is 0.321 e. The number of hydrogen-bond acceptors (Lipinski definition) is 4. The molecule has 1 aromatic rings. The summed E-state index contributed by atoms with van der Waals surface area (Å²) in [5, 5.41) is 2.88. The second-order valence-corrected chi connectivity index (χ2v) is 4.94. The molecule has 21 heavy (non-hydrogen) atoms. The van der Waals surface area contributed by atoms with Crippen molar-refractivity contribution in [3.63, 3.8) is 0 Å². The van der Waals surface area contributed by atoms with Gasteiger partial charge in [0.05, 0.1) is 7.11 Å².